The monoisotopic (exact) mass is 212 g/mol. The first kappa shape index (κ1) is 12.5. The van der Waals surface area contributed by atoms with Crippen molar-refractivity contribution in [3.05, 3.63) is 0 Å². The van der Waals surface area contributed by atoms with E-state index >= 15 is 0 Å². The Morgan fingerprint density at radius 1 is 1.27 bits per heavy atom. The molecule has 1 aliphatic rings. The van der Waals surface area contributed by atoms with E-state index in [1.54, 1.807) is 0 Å². The summed E-state index contributed by atoms with van der Waals surface area (Å²) in [6.07, 6.45) is 7.34. The standard InChI is InChI=1S/C12H24N2O/c1-3-9-13-11(15)10-14-12(2)7-5-4-6-8-12/h14H,3-10H2,1-2H3,(H,13,15). The molecule has 1 fully saturated rings. The second-order valence-corrected chi connectivity index (χ2v) is 4.82. The molecule has 2 N–H and O–H groups in total. The highest BCUT2D eigenvalue weighted by atomic mass is 16.1. The van der Waals surface area contributed by atoms with Gasteiger partial charge in [-0.2, -0.15) is 0 Å². The molecule has 1 amide bonds. The second kappa shape index (κ2) is 6.11. The van der Waals surface area contributed by atoms with Crippen molar-refractivity contribution in [2.75, 3.05) is 13.1 Å². The van der Waals surface area contributed by atoms with E-state index < -0.39 is 0 Å². The third kappa shape index (κ3) is 4.65. The average molecular weight is 212 g/mol. The summed E-state index contributed by atoms with van der Waals surface area (Å²) in [4.78, 5) is 11.4. The molecule has 0 aliphatic heterocycles. The molecule has 0 aromatic heterocycles. The molecule has 0 aromatic carbocycles. The molecule has 88 valence electrons. The predicted molar refractivity (Wildman–Crippen MR) is 62.8 cm³/mol. The molecule has 15 heavy (non-hydrogen) atoms. The van der Waals surface area contributed by atoms with E-state index in [1.165, 1.54) is 32.1 Å². The maximum atomic E-state index is 11.4. The SMILES string of the molecule is CCCNC(=O)CNC1(C)CCCCC1. The van der Waals surface area contributed by atoms with E-state index in [1.807, 2.05) is 0 Å². The Morgan fingerprint density at radius 2 is 1.93 bits per heavy atom. The molecule has 0 radical (unpaired) electrons. The number of hydrogen-bond donors (Lipinski definition) is 2. The van der Waals surface area contributed by atoms with E-state index in [0.29, 0.717) is 6.54 Å². The minimum absolute atomic E-state index is 0.128. The molecule has 0 saturated heterocycles. The molecular weight excluding hydrogens is 188 g/mol. The zero-order valence-corrected chi connectivity index (χ0v) is 10.1. The molecule has 3 heteroatoms. The Kier molecular flexibility index (Phi) is 5.09. The average Bonchev–Trinajstić information content (AvgIpc) is 2.25. The van der Waals surface area contributed by atoms with Crippen LogP contribution in [0.25, 0.3) is 0 Å². The van der Waals surface area contributed by atoms with Crippen molar-refractivity contribution in [1.82, 2.24) is 10.6 Å². The molecule has 0 bridgehead atoms. The molecule has 0 atom stereocenters. The highest BCUT2D eigenvalue weighted by molar-refractivity contribution is 5.78. The van der Waals surface area contributed by atoms with Gasteiger partial charge in [0.25, 0.3) is 0 Å². The van der Waals surface area contributed by atoms with Gasteiger partial charge >= 0.3 is 0 Å². The van der Waals surface area contributed by atoms with Crippen molar-refractivity contribution < 1.29 is 4.79 Å². The van der Waals surface area contributed by atoms with Crippen LogP contribution < -0.4 is 10.6 Å². The number of amides is 1. The molecule has 1 aliphatic carbocycles. The quantitative estimate of drug-likeness (QED) is 0.730. The topological polar surface area (TPSA) is 41.1 Å². The smallest absolute Gasteiger partial charge is 0.233 e. The first-order chi connectivity index (χ1) is 7.16. The molecule has 0 aromatic rings. The van der Waals surface area contributed by atoms with Crippen LogP contribution in [0.4, 0.5) is 0 Å². The van der Waals surface area contributed by atoms with Crippen LogP contribution in [0, 0.1) is 0 Å². The van der Waals surface area contributed by atoms with Crippen LogP contribution in [0.3, 0.4) is 0 Å². The van der Waals surface area contributed by atoms with Crippen LogP contribution in [0.5, 0.6) is 0 Å². The third-order valence-electron chi connectivity index (χ3n) is 3.20. The van der Waals surface area contributed by atoms with E-state index in [2.05, 4.69) is 24.5 Å². The first-order valence-electron chi connectivity index (χ1n) is 6.18. The Hall–Kier alpha value is -0.570. The Morgan fingerprint density at radius 3 is 2.53 bits per heavy atom. The van der Waals surface area contributed by atoms with E-state index in [9.17, 15) is 4.79 Å². The summed E-state index contributed by atoms with van der Waals surface area (Å²) in [5, 5.41) is 6.28. The van der Waals surface area contributed by atoms with Gasteiger partial charge in [-0.15, -0.1) is 0 Å². The summed E-state index contributed by atoms with van der Waals surface area (Å²) in [6.45, 7) is 5.56. The van der Waals surface area contributed by atoms with Crippen LogP contribution in [-0.2, 0) is 4.79 Å². The lowest BCUT2D eigenvalue weighted by molar-refractivity contribution is -0.120. The maximum absolute atomic E-state index is 11.4. The van der Waals surface area contributed by atoms with Crippen molar-refractivity contribution in [2.24, 2.45) is 0 Å². The first-order valence-corrected chi connectivity index (χ1v) is 6.18. The van der Waals surface area contributed by atoms with Crippen molar-refractivity contribution in [1.29, 1.82) is 0 Å². The fourth-order valence-corrected chi connectivity index (χ4v) is 2.13. The summed E-state index contributed by atoms with van der Waals surface area (Å²) in [5.41, 5.74) is 0.196. The summed E-state index contributed by atoms with van der Waals surface area (Å²) in [7, 11) is 0. The van der Waals surface area contributed by atoms with Gasteiger partial charge in [-0.3, -0.25) is 4.79 Å². The van der Waals surface area contributed by atoms with Gasteiger partial charge in [0.05, 0.1) is 6.54 Å². The van der Waals surface area contributed by atoms with Gasteiger partial charge in [0, 0.05) is 12.1 Å². The lowest BCUT2D eigenvalue weighted by Crippen LogP contribution is -2.48. The molecule has 0 heterocycles. The minimum Gasteiger partial charge on any atom is -0.355 e. The maximum Gasteiger partial charge on any atom is 0.233 e. The molecule has 0 unspecified atom stereocenters. The highest BCUT2D eigenvalue weighted by Gasteiger charge is 2.26. The van der Waals surface area contributed by atoms with Gasteiger partial charge in [0.15, 0.2) is 0 Å². The largest absolute Gasteiger partial charge is 0.355 e. The van der Waals surface area contributed by atoms with Gasteiger partial charge in [0.2, 0.25) is 5.91 Å². The van der Waals surface area contributed by atoms with Gasteiger partial charge in [0.1, 0.15) is 0 Å². The predicted octanol–water partition coefficient (Wildman–Crippen LogP) is 1.82. The molecular formula is C12H24N2O. The lowest BCUT2D eigenvalue weighted by Gasteiger charge is -2.34. The van der Waals surface area contributed by atoms with E-state index in [0.717, 1.165) is 13.0 Å². The van der Waals surface area contributed by atoms with Gasteiger partial charge in [-0.1, -0.05) is 26.2 Å². The van der Waals surface area contributed by atoms with Crippen molar-refractivity contribution in [3.63, 3.8) is 0 Å². The Labute approximate surface area is 93.0 Å². The highest BCUT2D eigenvalue weighted by Crippen LogP contribution is 2.27. The van der Waals surface area contributed by atoms with Crippen LogP contribution in [0.15, 0.2) is 0 Å². The number of rotatable bonds is 5. The van der Waals surface area contributed by atoms with Crippen molar-refractivity contribution in [3.8, 4) is 0 Å². The van der Waals surface area contributed by atoms with Crippen molar-refractivity contribution >= 4 is 5.91 Å². The van der Waals surface area contributed by atoms with Crippen LogP contribution in [0.2, 0.25) is 0 Å². The lowest BCUT2D eigenvalue weighted by atomic mass is 9.83. The van der Waals surface area contributed by atoms with Crippen molar-refractivity contribution in [2.45, 2.75) is 57.9 Å². The second-order valence-electron chi connectivity index (χ2n) is 4.82. The fraction of sp³-hybridized carbons (Fsp3) is 0.917. The summed E-state index contributed by atoms with van der Waals surface area (Å²) in [5.74, 6) is 0.128. The third-order valence-corrected chi connectivity index (χ3v) is 3.20. The molecule has 1 saturated carbocycles. The molecule has 0 spiro atoms. The number of nitrogens with one attached hydrogen (secondary N) is 2. The van der Waals surface area contributed by atoms with Gasteiger partial charge in [-0.25, -0.2) is 0 Å². The van der Waals surface area contributed by atoms with Crippen LogP contribution in [-0.4, -0.2) is 24.5 Å². The van der Waals surface area contributed by atoms with Crippen LogP contribution >= 0.6 is 0 Å². The van der Waals surface area contributed by atoms with Gasteiger partial charge in [-0.05, 0) is 26.2 Å². The summed E-state index contributed by atoms with van der Waals surface area (Å²) in [6, 6.07) is 0. The number of carbonyl (C=O) groups is 1. The number of hydrogen-bond acceptors (Lipinski definition) is 2. The Bertz CT molecular complexity index is 198. The Balaban J connectivity index is 2.19. The van der Waals surface area contributed by atoms with Crippen LogP contribution in [0.1, 0.15) is 52.4 Å². The van der Waals surface area contributed by atoms with Gasteiger partial charge < -0.3 is 10.6 Å². The minimum atomic E-state index is 0.128. The summed E-state index contributed by atoms with van der Waals surface area (Å²) >= 11 is 0. The zero-order valence-electron chi connectivity index (χ0n) is 10.1. The normalized spacial score (nSPS) is 19.9. The zero-order chi connectivity index (χ0) is 11.1. The summed E-state index contributed by atoms with van der Waals surface area (Å²) < 4.78 is 0. The molecule has 3 nitrogen and oxygen atoms in total. The van der Waals surface area contributed by atoms with E-state index in [4.69, 9.17) is 0 Å². The molecule has 1 rings (SSSR count). The fourth-order valence-electron chi connectivity index (χ4n) is 2.13. The number of carbonyl (C=O) groups excluding carboxylic acids is 1. The van der Waals surface area contributed by atoms with E-state index in [-0.39, 0.29) is 11.4 Å².